The van der Waals surface area contributed by atoms with Gasteiger partial charge in [0.05, 0.1) is 0 Å². The maximum absolute atomic E-state index is 13.6. The number of Topliss-reactive ketones (excluding diaryl/α,β-unsaturated/α-hetero) is 3. The molecule has 5 rings (SSSR count). The second kappa shape index (κ2) is 10.1. The van der Waals surface area contributed by atoms with Crippen molar-refractivity contribution in [2.45, 2.75) is 85.2 Å². The minimum atomic E-state index is -2.46. The van der Waals surface area contributed by atoms with Crippen molar-refractivity contribution in [1.29, 1.82) is 0 Å². The van der Waals surface area contributed by atoms with Gasteiger partial charge >= 0.3 is 0 Å². The van der Waals surface area contributed by atoms with Gasteiger partial charge in [-0.1, -0.05) is 70.2 Å². The quantitative estimate of drug-likeness (QED) is 0.303. The molecule has 0 saturated heterocycles. The number of aliphatic hydroxyl groups is 3. The van der Waals surface area contributed by atoms with E-state index in [1.54, 1.807) is 6.92 Å². The summed E-state index contributed by atoms with van der Waals surface area (Å²) in [6.45, 7) is 15.0. The molecule has 2 aromatic rings. The SMILES string of the molecule is C=C1C2=C(O)[C@@]3(O)C(=O)C(C(C)=O)=C(O)C[C@@]3(C)C[C@@]2(C)Cc2c(C(C)C)cc(CC(=O)Cc3ccc(C)cc3)c(O)c21. The van der Waals surface area contributed by atoms with E-state index in [1.165, 1.54) is 0 Å². The van der Waals surface area contributed by atoms with Crippen molar-refractivity contribution in [3.05, 3.63) is 93.0 Å². The summed E-state index contributed by atoms with van der Waals surface area (Å²) in [4.78, 5) is 39.1. The molecule has 0 saturated carbocycles. The normalized spacial score (nSPS) is 26.8. The Balaban J connectivity index is 1.64. The largest absolute Gasteiger partial charge is 0.511 e. The van der Waals surface area contributed by atoms with Crippen LogP contribution in [0.4, 0.5) is 0 Å². The van der Waals surface area contributed by atoms with Gasteiger partial charge in [0, 0.05) is 46.8 Å². The van der Waals surface area contributed by atoms with E-state index < -0.39 is 39.3 Å². The summed E-state index contributed by atoms with van der Waals surface area (Å²) < 4.78 is 0. The summed E-state index contributed by atoms with van der Waals surface area (Å²) in [5.41, 5.74) is 0.00156. The number of allylic oxidation sites excluding steroid dienone is 3. The van der Waals surface area contributed by atoms with Gasteiger partial charge in [-0.3, -0.25) is 14.4 Å². The van der Waals surface area contributed by atoms with Crippen LogP contribution in [-0.4, -0.2) is 43.4 Å². The molecule has 0 aliphatic heterocycles. The first-order chi connectivity index (χ1) is 19.9. The summed E-state index contributed by atoms with van der Waals surface area (Å²) in [5, 5.41) is 46.1. The molecule has 0 spiro atoms. The fourth-order valence-corrected chi connectivity index (χ4v) is 7.87. The van der Waals surface area contributed by atoms with Crippen LogP contribution in [0.15, 0.2) is 59.6 Å². The molecule has 0 heterocycles. The van der Waals surface area contributed by atoms with Crippen LogP contribution in [-0.2, 0) is 33.6 Å². The summed E-state index contributed by atoms with van der Waals surface area (Å²) in [6.07, 6.45) is 0.606. The van der Waals surface area contributed by atoms with Gasteiger partial charge in [-0.15, -0.1) is 0 Å². The van der Waals surface area contributed by atoms with Gasteiger partial charge in [0.15, 0.2) is 11.4 Å². The summed E-state index contributed by atoms with van der Waals surface area (Å²) in [5.74, 6) is -2.88. The molecule has 0 aromatic heterocycles. The van der Waals surface area contributed by atoms with E-state index in [1.807, 2.05) is 58.0 Å². The number of aliphatic hydroxyl groups excluding tert-OH is 2. The van der Waals surface area contributed by atoms with Crippen molar-refractivity contribution in [1.82, 2.24) is 0 Å². The third kappa shape index (κ3) is 4.48. The molecular weight excluding hydrogens is 544 g/mol. The second-order valence-corrected chi connectivity index (χ2v) is 13.6. The zero-order valence-electron chi connectivity index (χ0n) is 25.7. The van der Waals surface area contributed by atoms with Crippen LogP contribution < -0.4 is 0 Å². The van der Waals surface area contributed by atoms with Crippen molar-refractivity contribution in [3.8, 4) is 5.75 Å². The first kappa shape index (κ1) is 30.5. The first-order valence-corrected chi connectivity index (χ1v) is 14.7. The number of hydrogen-bond acceptors (Lipinski definition) is 7. The van der Waals surface area contributed by atoms with Crippen molar-refractivity contribution >= 4 is 22.9 Å². The molecule has 7 heteroatoms. The Morgan fingerprint density at radius 3 is 2.23 bits per heavy atom. The topological polar surface area (TPSA) is 132 Å². The number of phenolic OH excluding ortho intramolecular Hbond substituents is 1. The van der Waals surface area contributed by atoms with Gasteiger partial charge in [0.25, 0.3) is 0 Å². The molecule has 226 valence electrons. The zero-order chi connectivity index (χ0) is 31.8. The van der Waals surface area contributed by atoms with Crippen molar-refractivity contribution in [2.24, 2.45) is 10.8 Å². The Morgan fingerprint density at radius 2 is 1.65 bits per heavy atom. The number of benzene rings is 2. The predicted octanol–water partition coefficient (Wildman–Crippen LogP) is 6.08. The molecule has 0 fully saturated rings. The Bertz CT molecular complexity index is 1670. The molecule has 3 aliphatic rings. The number of aryl methyl sites for hydroxylation is 1. The lowest BCUT2D eigenvalue weighted by molar-refractivity contribution is -0.158. The van der Waals surface area contributed by atoms with E-state index in [2.05, 4.69) is 6.58 Å². The molecule has 0 radical (unpaired) electrons. The fourth-order valence-electron chi connectivity index (χ4n) is 7.87. The number of carbonyl (C=O) groups is 3. The van der Waals surface area contributed by atoms with Crippen LogP contribution in [0.3, 0.4) is 0 Å². The minimum Gasteiger partial charge on any atom is -0.511 e. The monoisotopic (exact) mass is 584 g/mol. The average Bonchev–Trinajstić information content (AvgIpc) is 2.88. The van der Waals surface area contributed by atoms with Gasteiger partial charge in [0.1, 0.15) is 28.6 Å². The molecule has 2 aromatic carbocycles. The molecule has 7 nitrogen and oxygen atoms in total. The predicted molar refractivity (Wildman–Crippen MR) is 164 cm³/mol. The number of hydrogen-bond donors (Lipinski definition) is 4. The third-order valence-corrected chi connectivity index (χ3v) is 9.81. The van der Waals surface area contributed by atoms with Gasteiger partial charge in [-0.2, -0.15) is 0 Å². The van der Waals surface area contributed by atoms with Crippen LogP contribution in [0.1, 0.15) is 86.8 Å². The van der Waals surface area contributed by atoms with Crippen LogP contribution in [0.5, 0.6) is 5.75 Å². The van der Waals surface area contributed by atoms with E-state index in [4.69, 9.17) is 0 Å². The minimum absolute atomic E-state index is 0.00513. The number of rotatable bonds is 6. The molecular formula is C36H40O7. The van der Waals surface area contributed by atoms with Crippen molar-refractivity contribution in [3.63, 3.8) is 0 Å². The van der Waals surface area contributed by atoms with Crippen LogP contribution >= 0.6 is 0 Å². The Kier molecular flexibility index (Phi) is 7.13. The van der Waals surface area contributed by atoms with Crippen LogP contribution in [0, 0.1) is 17.8 Å². The lowest BCUT2D eigenvalue weighted by Gasteiger charge is -2.57. The van der Waals surface area contributed by atoms with Crippen molar-refractivity contribution in [2.75, 3.05) is 0 Å². The maximum Gasteiger partial charge on any atom is 0.209 e. The molecule has 0 amide bonds. The average molecular weight is 585 g/mol. The first-order valence-electron chi connectivity index (χ1n) is 14.7. The highest BCUT2D eigenvalue weighted by molar-refractivity contribution is 6.24. The number of phenols is 1. The highest BCUT2D eigenvalue weighted by Gasteiger charge is 2.67. The van der Waals surface area contributed by atoms with Gasteiger partial charge in [0.2, 0.25) is 5.78 Å². The van der Waals surface area contributed by atoms with Crippen molar-refractivity contribution < 1.29 is 34.8 Å². The second-order valence-electron chi connectivity index (χ2n) is 13.6. The highest BCUT2D eigenvalue weighted by Crippen LogP contribution is 2.64. The van der Waals surface area contributed by atoms with Gasteiger partial charge in [-0.25, -0.2) is 0 Å². The number of carbonyl (C=O) groups excluding carboxylic acids is 3. The van der Waals surface area contributed by atoms with E-state index >= 15 is 0 Å². The number of fused-ring (bicyclic) bond motifs is 3. The molecule has 3 aliphatic carbocycles. The summed E-state index contributed by atoms with van der Waals surface area (Å²) >= 11 is 0. The van der Waals surface area contributed by atoms with E-state index in [9.17, 15) is 34.8 Å². The number of aromatic hydroxyl groups is 1. The maximum atomic E-state index is 13.6. The van der Waals surface area contributed by atoms with Gasteiger partial charge in [-0.05, 0) is 54.9 Å². The van der Waals surface area contributed by atoms with Gasteiger partial charge < -0.3 is 20.4 Å². The van der Waals surface area contributed by atoms with E-state index in [0.717, 1.165) is 29.2 Å². The van der Waals surface area contributed by atoms with E-state index in [-0.39, 0.29) is 60.0 Å². The lowest BCUT2D eigenvalue weighted by atomic mass is 9.48. The molecule has 3 atom stereocenters. The van der Waals surface area contributed by atoms with E-state index in [0.29, 0.717) is 17.5 Å². The summed E-state index contributed by atoms with van der Waals surface area (Å²) in [7, 11) is 0. The highest BCUT2D eigenvalue weighted by atomic mass is 16.3. The standard InChI is InChI=1S/C36H40O7/c1-18(2)25-14-23(13-24(38)12-22-10-8-19(3)9-11-22)31(40)28-20(4)30-33(42)36(43)32(41)29(21(5)37)27(39)16-35(36,7)17-34(30,6)15-26(25)28/h8-11,14,18,39-40,42-43H,4,12-13,15-17H2,1-3,5-7H3/t34-,35+,36+/m1/s1. The zero-order valence-corrected chi connectivity index (χ0v) is 25.7. The Morgan fingerprint density at radius 1 is 1.02 bits per heavy atom. The van der Waals surface area contributed by atoms with Crippen LogP contribution in [0.25, 0.3) is 5.57 Å². The molecule has 0 unspecified atom stereocenters. The third-order valence-electron chi connectivity index (χ3n) is 9.81. The fraction of sp³-hybridized carbons (Fsp3) is 0.417. The molecule has 43 heavy (non-hydrogen) atoms. The molecule has 0 bridgehead atoms. The lowest BCUT2D eigenvalue weighted by Crippen LogP contribution is -2.63. The summed E-state index contributed by atoms with van der Waals surface area (Å²) in [6, 6.07) is 9.62. The molecule has 4 N–H and O–H groups in total. The Hall–Kier alpha value is -3.97. The van der Waals surface area contributed by atoms with Crippen LogP contribution in [0.2, 0.25) is 0 Å². The Labute approximate surface area is 252 Å². The smallest absolute Gasteiger partial charge is 0.209 e. The number of ketones is 3.